The van der Waals surface area contributed by atoms with Gasteiger partial charge >= 0.3 is 0 Å². The largest absolute Gasteiger partial charge is 0.318 e. The summed E-state index contributed by atoms with van der Waals surface area (Å²) >= 11 is 1.74. The number of hydrogen-bond donors (Lipinski definition) is 1. The van der Waals surface area contributed by atoms with Crippen LogP contribution >= 0.6 is 11.8 Å². The van der Waals surface area contributed by atoms with Crippen molar-refractivity contribution in [2.24, 2.45) is 5.41 Å². The molecule has 20 heavy (non-hydrogen) atoms. The standard InChI is InChI=1S/C16H22N2OS/c1-10-15(19)18(13-9-16(13,2)3)14(17-10)11-5-7-12(20-4)8-6-11/h5-8,10,13-14,17H,9H2,1-4H3. The van der Waals surface area contributed by atoms with Crippen molar-refractivity contribution in [3.05, 3.63) is 29.8 Å². The van der Waals surface area contributed by atoms with Gasteiger partial charge in [0.15, 0.2) is 0 Å². The van der Waals surface area contributed by atoms with Gasteiger partial charge in [-0.2, -0.15) is 0 Å². The molecule has 108 valence electrons. The van der Waals surface area contributed by atoms with Crippen LogP contribution in [-0.4, -0.2) is 29.1 Å². The summed E-state index contributed by atoms with van der Waals surface area (Å²) in [7, 11) is 0. The Hall–Kier alpha value is -1.00. The molecule has 1 aliphatic heterocycles. The Labute approximate surface area is 125 Å². The molecule has 0 bridgehead atoms. The molecule has 3 nitrogen and oxygen atoms in total. The van der Waals surface area contributed by atoms with Gasteiger partial charge in [0.05, 0.1) is 6.04 Å². The van der Waals surface area contributed by atoms with Crippen molar-refractivity contribution >= 4 is 17.7 Å². The van der Waals surface area contributed by atoms with Crippen molar-refractivity contribution in [3.8, 4) is 0 Å². The lowest BCUT2D eigenvalue weighted by molar-refractivity contribution is -0.130. The maximum atomic E-state index is 12.4. The van der Waals surface area contributed by atoms with Gasteiger partial charge in [-0.25, -0.2) is 0 Å². The molecule has 1 aromatic carbocycles. The first-order chi connectivity index (χ1) is 9.44. The van der Waals surface area contributed by atoms with E-state index in [1.807, 2.05) is 6.92 Å². The molecule has 1 N–H and O–H groups in total. The minimum absolute atomic E-state index is 0.0279. The van der Waals surface area contributed by atoms with Crippen molar-refractivity contribution in [2.45, 2.75) is 50.3 Å². The SMILES string of the molecule is CSc1ccc(C2NC(C)C(=O)N2C2CC2(C)C)cc1. The van der Waals surface area contributed by atoms with E-state index in [0.29, 0.717) is 6.04 Å². The molecule has 3 rings (SSSR count). The van der Waals surface area contributed by atoms with E-state index in [4.69, 9.17) is 0 Å². The first-order valence-corrected chi connectivity index (χ1v) is 8.39. The van der Waals surface area contributed by atoms with Gasteiger partial charge in [0, 0.05) is 10.9 Å². The summed E-state index contributed by atoms with van der Waals surface area (Å²) in [4.78, 5) is 15.8. The van der Waals surface area contributed by atoms with Gasteiger partial charge in [-0.15, -0.1) is 11.8 Å². The van der Waals surface area contributed by atoms with Crippen LogP contribution in [0.4, 0.5) is 0 Å². The van der Waals surface area contributed by atoms with Crippen molar-refractivity contribution in [2.75, 3.05) is 6.26 Å². The fourth-order valence-electron chi connectivity index (χ4n) is 3.03. The molecule has 1 saturated carbocycles. The number of nitrogens with zero attached hydrogens (tertiary/aromatic N) is 1. The Balaban J connectivity index is 1.88. The molecule has 4 heteroatoms. The second kappa shape index (κ2) is 4.78. The summed E-state index contributed by atoms with van der Waals surface area (Å²) in [5, 5.41) is 3.44. The Morgan fingerprint density at radius 3 is 2.40 bits per heavy atom. The molecule has 0 spiro atoms. The zero-order chi connectivity index (χ0) is 14.5. The molecular weight excluding hydrogens is 268 g/mol. The molecule has 1 aromatic rings. The number of carbonyl (C=O) groups excluding carboxylic acids is 1. The van der Waals surface area contributed by atoms with Crippen molar-refractivity contribution in [1.29, 1.82) is 0 Å². The Bertz CT molecular complexity index is 526. The van der Waals surface area contributed by atoms with Crippen molar-refractivity contribution in [1.82, 2.24) is 10.2 Å². The fourth-order valence-corrected chi connectivity index (χ4v) is 3.44. The molecular formula is C16H22N2OS. The third kappa shape index (κ3) is 2.25. The van der Waals surface area contributed by atoms with Gasteiger partial charge in [-0.05, 0) is 42.7 Å². The predicted molar refractivity (Wildman–Crippen MR) is 82.6 cm³/mol. The highest BCUT2D eigenvalue weighted by Crippen LogP contribution is 2.51. The second-order valence-corrected chi connectivity index (χ2v) is 7.40. The second-order valence-electron chi connectivity index (χ2n) is 6.52. The van der Waals surface area contributed by atoms with Crippen LogP contribution in [0.2, 0.25) is 0 Å². The number of nitrogens with one attached hydrogen (secondary N) is 1. The Morgan fingerprint density at radius 1 is 1.30 bits per heavy atom. The summed E-state index contributed by atoms with van der Waals surface area (Å²) < 4.78 is 0. The van der Waals surface area contributed by atoms with Crippen LogP contribution in [0.5, 0.6) is 0 Å². The van der Waals surface area contributed by atoms with Gasteiger partial charge < -0.3 is 4.90 Å². The van der Waals surface area contributed by atoms with Gasteiger partial charge in [0.2, 0.25) is 5.91 Å². The molecule has 0 radical (unpaired) electrons. The van der Waals surface area contributed by atoms with Crippen LogP contribution in [0.3, 0.4) is 0 Å². The van der Waals surface area contributed by atoms with Gasteiger partial charge in [-0.1, -0.05) is 26.0 Å². The highest BCUT2D eigenvalue weighted by atomic mass is 32.2. The van der Waals surface area contributed by atoms with Crippen LogP contribution in [0.1, 0.15) is 38.9 Å². The smallest absolute Gasteiger partial charge is 0.241 e. The molecule has 2 fully saturated rings. The fraction of sp³-hybridized carbons (Fsp3) is 0.562. The summed E-state index contributed by atoms with van der Waals surface area (Å²) in [5.74, 6) is 0.236. The minimum atomic E-state index is -0.0865. The van der Waals surface area contributed by atoms with Crippen LogP contribution in [-0.2, 0) is 4.79 Å². The topological polar surface area (TPSA) is 32.3 Å². The van der Waals surface area contributed by atoms with E-state index < -0.39 is 0 Å². The van der Waals surface area contributed by atoms with Gasteiger partial charge in [0.1, 0.15) is 6.17 Å². The summed E-state index contributed by atoms with van der Waals surface area (Å²) in [5.41, 5.74) is 1.45. The van der Waals surface area contributed by atoms with Crippen LogP contribution in [0.25, 0.3) is 0 Å². The maximum Gasteiger partial charge on any atom is 0.241 e. The molecule has 1 aliphatic carbocycles. The molecule has 1 saturated heterocycles. The number of carbonyl (C=O) groups is 1. The molecule has 3 unspecified atom stereocenters. The maximum absolute atomic E-state index is 12.4. The normalized spacial score (nSPS) is 31.7. The highest BCUT2D eigenvalue weighted by Gasteiger charge is 2.55. The molecule has 3 atom stereocenters. The number of thioether (sulfide) groups is 1. The monoisotopic (exact) mass is 290 g/mol. The van der Waals surface area contributed by atoms with E-state index in [1.54, 1.807) is 11.8 Å². The van der Waals surface area contributed by atoms with E-state index in [-0.39, 0.29) is 23.5 Å². The van der Waals surface area contributed by atoms with Crippen LogP contribution in [0, 0.1) is 5.41 Å². The lowest BCUT2D eigenvalue weighted by Gasteiger charge is -2.26. The van der Waals surface area contributed by atoms with E-state index in [9.17, 15) is 4.79 Å². The van der Waals surface area contributed by atoms with Crippen LogP contribution < -0.4 is 5.32 Å². The molecule has 2 aliphatic rings. The molecule has 1 amide bonds. The third-order valence-corrected chi connectivity index (χ3v) is 5.28. The summed E-state index contributed by atoms with van der Waals surface area (Å²) in [6.45, 7) is 6.44. The minimum Gasteiger partial charge on any atom is -0.318 e. The van der Waals surface area contributed by atoms with E-state index >= 15 is 0 Å². The van der Waals surface area contributed by atoms with Crippen molar-refractivity contribution in [3.63, 3.8) is 0 Å². The Kier molecular flexibility index (Phi) is 3.33. The first kappa shape index (κ1) is 14.0. The zero-order valence-electron chi connectivity index (χ0n) is 12.5. The average molecular weight is 290 g/mol. The quantitative estimate of drug-likeness (QED) is 0.869. The lowest BCUT2D eigenvalue weighted by Crippen LogP contribution is -2.34. The van der Waals surface area contributed by atoms with E-state index in [2.05, 4.69) is 54.6 Å². The molecule has 0 aromatic heterocycles. The Morgan fingerprint density at radius 2 is 1.90 bits per heavy atom. The number of benzene rings is 1. The zero-order valence-corrected chi connectivity index (χ0v) is 13.3. The average Bonchev–Trinajstić information content (AvgIpc) is 2.95. The number of hydrogen-bond acceptors (Lipinski definition) is 3. The van der Waals surface area contributed by atoms with Gasteiger partial charge in [0.25, 0.3) is 0 Å². The lowest BCUT2D eigenvalue weighted by atomic mass is 10.1. The summed E-state index contributed by atoms with van der Waals surface area (Å²) in [6.07, 6.45) is 3.21. The van der Waals surface area contributed by atoms with E-state index in [0.717, 1.165) is 6.42 Å². The first-order valence-electron chi connectivity index (χ1n) is 7.16. The van der Waals surface area contributed by atoms with Crippen LogP contribution in [0.15, 0.2) is 29.2 Å². The number of rotatable bonds is 3. The third-order valence-electron chi connectivity index (χ3n) is 4.54. The summed E-state index contributed by atoms with van der Waals surface area (Å²) in [6, 6.07) is 8.82. The molecule has 1 heterocycles. The highest BCUT2D eigenvalue weighted by molar-refractivity contribution is 7.98. The predicted octanol–water partition coefficient (Wildman–Crippen LogP) is 3.03. The van der Waals surface area contributed by atoms with Crippen molar-refractivity contribution < 1.29 is 4.79 Å². The van der Waals surface area contributed by atoms with Gasteiger partial charge in [-0.3, -0.25) is 10.1 Å². The van der Waals surface area contributed by atoms with E-state index in [1.165, 1.54) is 10.5 Å². The number of amides is 1.